The van der Waals surface area contributed by atoms with Crippen molar-refractivity contribution < 1.29 is 23.7 Å². The highest BCUT2D eigenvalue weighted by Gasteiger charge is 2.41. The van der Waals surface area contributed by atoms with E-state index in [0.717, 1.165) is 28.7 Å². The molecule has 0 amide bonds. The van der Waals surface area contributed by atoms with Crippen LogP contribution in [-0.2, 0) is 9.53 Å². The summed E-state index contributed by atoms with van der Waals surface area (Å²) in [4.78, 5) is 13.3. The second kappa shape index (κ2) is 13.9. The Bertz CT molecular complexity index is 1300. The van der Waals surface area contributed by atoms with E-state index in [4.69, 9.17) is 18.9 Å². The summed E-state index contributed by atoms with van der Waals surface area (Å²) in [5.41, 5.74) is 0.884. The fourth-order valence-electron chi connectivity index (χ4n) is 6.05. The van der Waals surface area contributed by atoms with E-state index >= 15 is 0 Å². The molecule has 0 aliphatic heterocycles. The van der Waals surface area contributed by atoms with Gasteiger partial charge >= 0.3 is 5.97 Å². The first kappa shape index (κ1) is 31.9. The summed E-state index contributed by atoms with van der Waals surface area (Å²) >= 11 is 0. The molecule has 3 aromatic rings. The van der Waals surface area contributed by atoms with Gasteiger partial charge in [0.05, 0.1) is 12.0 Å². The molecule has 2 atom stereocenters. The third-order valence-electron chi connectivity index (χ3n) is 8.60. The molecule has 5 nitrogen and oxygen atoms in total. The number of hydrogen-bond donors (Lipinski definition) is 0. The lowest BCUT2D eigenvalue weighted by atomic mass is 9.69. The average molecular weight is 575 g/mol. The minimum atomic E-state index is -0.564. The van der Waals surface area contributed by atoms with Crippen LogP contribution in [0.5, 0.6) is 17.2 Å². The Balaban J connectivity index is 1.25. The third kappa shape index (κ3) is 8.73. The molecule has 4 rings (SSSR count). The van der Waals surface area contributed by atoms with Crippen molar-refractivity contribution in [3.05, 3.63) is 66.2 Å². The van der Waals surface area contributed by atoms with E-state index in [1.165, 1.54) is 37.7 Å². The molecule has 2 unspecified atom stereocenters. The number of rotatable bonds is 12. The van der Waals surface area contributed by atoms with Crippen LogP contribution in [0, 0.1) is 16.7 Å². The van der Waals surface area contributed by atoms with E-state index in [2.05, 4.69) is 58.9 Å². The lowest BCUT2D eigenvalue weighted by Crippen LogP contribution is -2.40. The normalized spacial score (nSPS) is 16.7. The van der Waals surface area contributed by atoms with Crippen molar-refractivity contribution in [2.24, 2.45) is 16.7 Å². The maximum Gasteiger partial charge on any atom is 0.317 e. The molecule has 0 radical (unpaired) electrons. The minimum Gasteiger partial charge on any atom is -0.491 e. The van der Waals surface area contributed by atoms with Gasteiger partial charge in [0.2, 0.25) is 0 Å². The molecular formula is C37H50O5. The molecule has 0 saturated heterocycles. The Morgan fingerprint density at radius 1 is 0.786 bits per heavy atom. The highest BCUT2D eigenvalue weighted by Crippen LogP contribution is 2.41. The summed E-state index contributed by atoms with van der Waals surface area (Å²) in [5, 5.41) is 1.98. The van der Waals surface area contributed by atoms with Gasteiger partial charge in [0.1, 0.15) is 23.9 Å². The molecule has 0 spiro atoms. The number of hydrogen-bond acceptors (Lipinski definition) is 5. The molecule has 1 fully saturated rings. The smallest absolute Gasteiger partial charge is 0.317 e. The first-order valence-electron chi connectivity index (χ1n) is 15.7. The van der Waals surface area contributed by atoms with Gasteiger partial charge in [-0.25, -0.2) is 0 Å². The summed E-state index contributed by atoms with van der Waals surface area (Å²) in [5.74, 6) is 2.83. The molecule has 228 valence electrons. The molecule has 42 heavy (non-hydrogen) atoms. The number of fused-ring (bicyclic) bond motifs is 1. The Labute approximate surface area is 252 Å². The lowest BCUT2D eigenvalue weighted by Gasteiger charge is -2.36. The summed E-state index contributed by atoms with van der Waals surface area (Å²) in [7, 11) is 0. The molecule has 1 aliphatic rings. The highest BCUT2D eigenvalue weighted by molar-refractivity contribution is 5.86. The van der Waals surface area contributed by atoms with Gasteiger partial charge in [0, 0.05) is 0 Å². The van der Waals surface area contributed by atoms with Crippen molar-refractivity contribution in [1.29, 1.82) is 0 Å². The number of carbonyl (C=O) groups excluding carboxylic acids is 1. The molecular weight excluding hydrogens is 524 g/mol. The van der Waals surface area contributed by atoms with E-state index in [1.54, 1.807) is 0 Å². The van der Waals surface area contributed by atoms with Crippen LogP contribution in [0.1, 0.15) is 98.5 Å². The predicted octanol–water partition coefficient (Wildman–Crippen LogP) is 9.71. The quantitative estimate of drug-likeness (QED) is 0.0933. The van der Waals surface area contributed by atoms with Crippen LogP contribution < -0.4 is 14.2 Å². The highest BCUT2D eigenvalue weighted by atomic mass is 16.7. The van der Waals surface area contributed by atoms with E-state index in [-0.39, 0.29) is 17.3 Å². The van der Waals surface area contributed by atoms with E-state index in [9.17, 15) is 4.79 Å². The zero-order valence-corrected chi connectivity index (χ0v) is 26.7. The Hall–Kier alpha value is -3.05. The molecule has 0 aromatic heterocycles. The fourth-order valence-corrected chi connectivity index (χ4v) is 6.05. The standard InChI is InChI=1S/C37H50O5/c1-26(2)37(7,25-36(4,5)6)35(38)42-34-20-16-30-23-33(19-15-31(30)24-34)41-27(3)39-21-22-40-32-17-13-29(14-18-32)28-11-9-8-10-12-28/h13-20,23-24,26-28H,8-12,21-22,25H2,1-7H3. The van der Waals surface area contributed by atoms with Crippen molar-refractivity contribution in [2.75, 3.05) is 13.2 Å². The van der Waals surface area contributed by atoms with E-state index in [1.807, 2.05) is 50.2 Å². The van der Waals surface area contributed by atoms with Crippen LogP contribution in [0.25, 0.3) is 10.8 Å². The largest absolute Gasteiger partial charge is 0.491 e. The molecule has 1 saturated carbocycles. The molecule has 5 heteroatoms. The predicted molar refractivity (Wildman–Crippen MR) is 170 cm³/mol. The van der Waals surface area contributed by atoms with Crippen molar-refractivity contribution in [2.45, 2.75) is 99.2 Å². The molecule has 1 aliphatic carbocycles. The fraction of sp³-hybridized carbons (Fsp3) is 0.541. The summed E-state index contributed by atoms with van der Waals surface area (Å²) in [6, 6.07) is 20.1. The zero-order chi connectivity index (χ0) is 30.3. The zero-order valence-electron chi connectivity index (χ0n) is 26.7. The Morgan fingerprint density at radius 2 is 1.38 bits per heavy atom. The number of esters is 1. The van der Waals surface area contributed by atoms with Crippen molar-refractivity contribution in [1.82, 2.24) is 0 Å². The first-order valence-corrected chi connectivity index (χ1v) is 15.7. The van der Waals surface area contributed by atoms with Crippen molar-refractivity contribution in [3.63, 3.8) is 0 Å². The molecule has 3 aromatic carbocycles. The van der Waals surface area contributed by atoms with Gasteiger partial charge in [-0.1, -0.05) is 78.1 Å². The second-order valence-corrected chi connectivity index (χ2v) is 13.7. The summed E-state index contributed by atoms with van der Waals surface area (Å²) < 4.78 is 23.6. The van der Waals surface area contributed by atoms with Crippen LogP contribution in [0.15, 0.2) is 60.7 Å². The van der Waals surface area contributed by atoms with Gasteiger partial charge in [-0.2, -0.15) is 0 Å². The van der Waals surface area contributed by atoms with Gasteiger partial charge in [0.15, 0.2) is 6.29 Å². The van der Waals surface area contributed by atoms with Crippen molar-refractivity contribution >= 4 is 16.7 Å². The minimum absolute atomic E-state index is 0.0198. The number of ether oxygens (including phenoxy) is 4. The number of carbonyl (C=O) groups is 1. The van der Waals surface area contributed by atoms with Gasteiger partial charge in [-0.3, -0.25) is 4.79 Å². The summed E-state index contributed by atoms with van der Waals surface area (Å²) in [6.07, 6.45) is 6.99. The van der Waals surface area contributed by atoms with Gasteiger partial charge in [0.25, 0.3) is 0 Å². The second-order valence-electron chi connectivity index (χ2n) is 13.7. The van der Waals surface area contributed by atoms with Gasteiger partial charge in [-0.15, -0.1) is 0 Å². The maximum absolute atomic E-state index is 13.3. The summed E-state index contributed by atoms with van der Waals surface area (Å²) in [6.45, 7) is 15.4. The SMILES string of the molecule is CC(OCCOc1ccc(C2CCCCC2)cc1)Oc1ccc2cc(OC(=O)C(C)(CC(C)(C)C)C(C)C)ccc2c1. The average Bonchev–Trinajstić information content (AvgIpc) is 2.95. The van der Waals surface area contributed by atoms with E-state index < -0.39 is 11.7 Å². The van der Waals surface area contributed by atoms with Crippen LogP contribution in [-0.4, -0.2) is 25.5 Å². The van der Waals surface area contributed by atoms with Crippen LogP contribution >= 0.6 is 0 Å². The van der Waals surface area contributed by atoms with Gasteiger partial charge < -0.3 is 18.9 Å². The van der Waals surface area contributed by atoms with Crippen LogP contribution in [0.4, 0.5) is 0 Å². The topological polar surface area (TPSA) is 54.0 Å². The lowest BCUT2D eigenvalue weighted by molar-refractivity contribution is -0.149. The third-order valence-corrected chi connectivity index (χ3v) is 8.60. The van der Waals surface area contributed by atoms with Crippen LogP contribution in [0.2, 0.25) is 0 Å². The Kier molecular flexibility index (Phi) is 10.6. The van der Waals surface area contributed by atoms with E-state index in [0.29, 0.717) is 24.9 Å². The maximum atomic E-state index is 13.3. The number of benzene rings is 3. The van der Waals surface area contributed by atoms with Crippen molar-refractivity contribution in [3.8, 4) is 17.2 Å². The first-order chi connectivity index (χ1) is 19.9. The molecule has 0 heterocycles. The molecule has 0 N–H and O–H groups in total. The monoisotopic (exact) mass is 574 g/mol. The van der Waals surface area contributed by atoms with Crippen LogP contribution in [0.3, 0.4) is 0 Å². The Morgan fingerprint density at radius 3 is 2.00 bits per heavy atom. The van der Waals surface area contributed by atoms with Gasteiger partial charge in [-0.05, 0) is 103 Å². The molecule has 0 bridgehead atoms.